The van der Waals surface area contributed by atoms with Gasteiger partial charge in [-0.25, -0.2) is 14.8 Å². The average Bonchev–Trinajstić information content (AvgIpc) is 2.89. The Kier molecular flexibility index (Phi) is 8.79. The fourth-order valence-corrected chi connectivity index (χ4v) is 4.87. The third-order valence-corrected chi connectivity index (χ3v) is 6.78. The Hall–Kier alpha value is -4.01. The minimum Gasteiger partial charge on any atom is -0.444 e. The van der Waals surface area contributed by atoms with Crippen molar-refractivity contribution in [2.24, 2.45) is 5.73 Å². The normalized spacial score (nSPS) is 15.0. The maximum absolute atomic E-state index is 12.4. The van der Waals surface area contributed by atoms with Crippen LogP contribution in [0.4, 0.5) is 16.4 Å². The number of pyridine rings is 1. The number of likely N-dealkylation sites (tertiary alicyclic amines) is 1. The lowest BCUT2D eigenvalue weighted by atomic mass is 9.90. The molecule has 3 N–H and O–H groups in total. The highest BCUT2D eigenvalue weighted by Gasteiger charge is 2.28. The van der Waals surface area contributed by atoms with Crippen molar-refractivity contribution in [2.75, 3.05) is 18.4 Å². The standard InChI is InChI=1S/C30H38N6O3/c1-20-18-33-28(35-27(20)23(17-26(31)37)16-21-8-6-5-7-9-21)34-24-10-11-25(32-19-24)22-12-14-36(15-13-22)29(38)39-30(2,3)4/h5-11,18-19,22-23H,12-17H2,1-4H3,(H2,31,37)(H,33,34,35). The smallest absolute Gasteiger partial charge is 0.410 e. The number of ether oxygens (including phenoxy) is 1. The number of benzene rings is 1. The number of hydrogen-bond acceptors (Lipinski definition) is 7. The molecule has 0 spiro atoms. The van der Waals surface area contributed by atoms with Crippen LogP contribution in [0.15, 0.2) is 54.9 Å². The molecular weight excluding hydrogens is 492 g/mol. The SMILES string of the molecule is Cc1cnc(Nc2ccc(C3CCN(C(=O)OC(C)(C)C)CC3)nc2)nc1C(CC(N)=O)Cc1ccccc1. The number of anilines is 2. The first-order valence-electron chi connectivity index (χ1n) is 13.4. The van der Waals surface area contributed by atoms with E-state index >= 15 is 0 Å². The summed E-state index contributed by atoms with van der Waals surface area (Å²) in [5.74, 6) is 0.214. The number of nitrogens with zero attached hydrogens (tertiary/aromatic N) is 4. The average molecular weight is 531 g/mol. The molecule has 3 aromatic rings. The fourth-order valence-electron chi connectivity index (χ4n) is 4.87. The van der Waals surface area contributed by atoms with Crippen LogP contribution >= 0.6 is 0 Å². The van der Waals surface area contributed by atoms with Gasteiger partial charge in [-0.15, -0.1) is 0 Å². The van der Waals surface area contributed by atoms with Gasteiger partial charge in [0, 0.05) is 43.2 Å². The molecule has 0 bridgehead atoms. The van der Waals surface area contributed by atoms with E-state index in [2.05, 4.69) is 15.3 Å². The number of hydrogen-bond donors (Lipinski definition) is 2. The molecule has 9 nitrogen and oxygen atoms in total. The first-order chi connectivity index (χ1) is 18.6. The highest BCUT2D eigenvalue weighted by atomic mass is 16.6. The highest BCUT2D eigenvalue weighted by molar-refractivity contribution is 5.75. The van der Waals surface area contributed by atoms with Crippen molar-refractivity contribution >= 4 is 23.6 Å². The summed E-state index contributed by atoms with van der Waals surface area (Å²) in [6.07, 6.45) is 5.83. The van der Waals surface area contributed by atoms with Crippen LogP contribution in [-0.4, -0.2) is 50.5 Å². The molecule has 1 aromatic carbocycles. The van der Waals surface area contributed by atoms with E-state index in [0.717, 1.165) is 41.0 Å². The zero-order valence-corrected chi connectivity index (χ0v) is 23.2. The number of carbonyl (C=O) groups excluding carboxylic acids is 2. The van der Waals surface area contributed by atoms with Crippen molar-refractivity contribution in [1.82, 2.24) is 19.9 Å². The van der Waals surface area contributed by atoms with Gasteiger partial charge < -0.3 is 20.7 Å². The molecule has 1 fully saturated rings. The van der Waals surface area contributed by atoms with Crippen LogP contribution in [0, 0.1) is 6.92 Å². The summed E-state index contributed by atoms with van der Waals surface area (Å²) in [7, 11) is 0. The monoisotopic (exact) mass is 530 g/mol. The highest BCUT2D eigenvalue weighted by Crippen LogP contribution is 2.29. The van der Waals surface area contributed by atoms with E-state index in [0.29, 0.717) is 25.5 Å². The van der Waals surface area contributed by atoms with Gasteiger partial charge in [0.25, 0.3) is 0 Å². The number of carbonyl (C=O) groups is 2. The van der Waals surface area contributed by atoms with Gasteiger partial charge in [0.15, 0.2) is 0 Å². The molecule has 0 saturated carbocycles. The van der Waals surface area contributed by atoms with E-state index in [1.54, 1.807) is 17.3 Å². The number of primary amides is 1. The maximum atomic E-state index is 12.4. The predicted molar refractivity (Wildman–Crippen MR) is 151 cm³/mol. The maximum Gasteiger partial charge on any atom is 0.410 e. The first kappa shape index (κ1) is 28.0. The molecule has 2 aromatic heterocycles. The van der Waals surface area contributed by atoms with E-state index in [1.807, 2.05) is 70.2 Å². The summed E-state index contributed by atoms with van der Waals surface area (Å²) in [5, 5.41) is 3.25. The van der Waals surface area contributed by atoms with Crippen LogP contribution < -0.4 is 11.1 Å². The molecule has 2 amide bonds. The molecule has 1 unspecified atom stereocenters. The van der Waals surface area contributed by atoms with Crippen molar-refractivity contribution in [1.29, 1.82) is 0 Å². The van der Waals surface area contributed by atoms with Gasteiger partial charge >= 0.3 is 6.09 Å². The number of rotatable bonds is 8. The Morgan fingerprint density at radius 1 is 1.08 bits per heavy atom. The molecule has 0 aliphatic carbocycles. The molecule has 39 heavy (non-hydrogen) atoms. The molecule has 3 heterocycles. The molecule has 1 aliphatic rings. The first-order valence-corrected chi connectivity index (χ1v) is 13.4. The van der Waals surface area contributed by atoms with Crippen LogP contribution in [0.2, 0.25) is 0 Å². The Morgan fingerprint density at radius 2 is 1.79 bits per heavy atom. The van der Waals surface area contributed by atoms with Gasteiger partial charge in [-0.2, -0.15) is 0 Å². The van der Waals surface area contributed by atoms with E-state index in [1.165, 1.54) is 0 Å². The number of aryl methyl sites for hydroxylation is 1. The van der Waals surface area contributed by atoms with Crippen molar-refractivity contribution in [3.8, 4) is 0 Å². The summed E-state index contributed by atoms with van der Waals surface area (Å²) < 4.78 is 5.50. The van der Waals surface area contributed by atoms with Gasteiger partial charge in [0.05, 0.1) is 17.6 Å². The topological polar surface area (TPSA) is 123 Å². The van der Waals surface area contributed by atoms with Crippen LogP contribution in [0.3, 0.4) is 0 Å². The number of aromatic nitrogens is 3. The lowest BCUT2D eigenvalue weighted by molar-refractivity contribution is -0.118. The van der Waals surface area contributed by atoms with E-state index in [9.17, 15) is 9.59 Å². The Balaban J connectivity index is 1.41. The number of amides is 2. The summed E-state index contributed by atoms with van der Waals surface area (Å²) >= 11 is 0. The van der Waals surface area contributed by atoms with Crippen molar-refractivity contribution in [3.63, 3.8) is 0 Å². The van der Waals surface area contributed by atoms with Gasteiger partial charge in [0.2, 0.25) is 11.9 Å². The molecule has 206 valence electrons. The molecule has 1 aliphatic heterocycles. The third kappa shape index (κ3) is 7.99. The van der Waals surface area contributed by atoms with Gasteiger partial charge in [-0.3, -0.25) is 9.78 Å². The number of nitrogens with one attached hydrogen (secondary N) is 1. The van der Waals surface area contributed by atoms with Crippen LogP contribution in [0.25, 0.3) is 0 Å². The summed E-state index contributed by atoms with van der Waals surface area (Å²) in [4.78, 5) is 39.9. The molecule has 9 heteroatoms. The number of piperidine rings is 1. The summed E-state index contributed by atoms with van der Waals surface area (Å²) in [6, 6.07) is 14.0. The van der Waals surface area contributed by atoms with Crippen molar-refractivity contribution < 1.29 is 14.3 Å². The Labute approximate surface area is 230 Å². The summed E-state index contributed by atoms with van der Waals surface area (Å²) in [6.45, 7) is 8.88. The number of nitrogens with two attached hydrogens (primary N) is 1. The quantitative estimate of drug-likeness (QED) is 0.408. The van der Waals surface area contributed by atoms with Gasteiger partial charge in [-0.05, 0) is 70.2 Å². The van der Waals surface area contributed by atoms with Crippen molar-refractivity contribution in [3.05, 3.63) is 77.4 Å². The molecule has 1 atom stereocenters. The van der Waals surface area contributed by atoms with Crippen molar-refractivity contribution in [2.45, 2.75) is 70.8 Å². The predicted octanol–water partition coefficient (Wildman–Crippen LogP) is 5.24. The van der Waals surface area contributed by atoms with E-state index in [-0.39, 0.29) is 30.3 Å². The summed E-state index contributed by atoms with van der Waals surface area (Å²) in [5.41, 5.74) is 9.69. The van der Waals surface area contributed by atoms with Crippen LogP contribution in [-0.2, 0) is 16.0 Å². The Morgan fingerprint density at radius 3 is 2.41 bits per heavy atom. The molecule has 0 radical (unpaired) electrons. The lowest BCUT2D eigenvalue weighted by Crippen LogP contribution is -2.41. The Bertz CT molecular complexity index is 1270. The van der Waals surface area contributed by atoms with Crippen LogP contribution in [0.5, 0.6) is 0 Å². The molecular formula is C30H38N6O3. The lowest BCUT2D eigenvalue weighted by Gasteiger charge is -2.33. The van der Waals surface area contributed by atoms with Crippen LogP contribution in [0.1, 0.15) is 74.4 Å². The second-order valence-corrected chi connectivity index (χ2v) is 11.2. The molecule has 4 rings (SSSR count). The van der Waals surface area contributed by atoms with Gasteiger partial charge in [-0.1, -0.05) is 30.3 Å². The second kappa shape index (κ2) is 12.2. The largest absolute Gasteiger partial charge is 0.444 e. The fraction of sp³-hybridized carbons (Fsp3) is 0.433. The minimum atomic E-state index is -0.495. The zero-order chi connectivity index (χ0) is 28.0. The third-order valence-electron chi connectivity index (χ3n) is 6.78. The van der Waals surface area contributed by atoms with E-state index < -0.39 is 5.60 Å². The van der Waals surface area contributed by atoms with E-state index in [4.69, 9.17) is 15.5 Å². The van der Waals surface area contributed by atoms with Gasteiger partial charge in [0.1, 0.15) is 5.60 Å². The minimum absolute atomic E-state index is 0.152. The second-order valence-electron chi connectivity index (χ2n) is 11.2. The molecule has 1 saturated heterocycles. The zero-order valence-electron chi connectivity index (χ0n) is 23.2.